The summed E-state index contributed by atoms with van der Waals surface area (Å²) in [5.74, 6) is -0.240. The number of rotatable bonds is 9. The van der Waals surface area contributed by atoms with Crippen LogP contribution in [0.25, 0.3) is 0 Å². The number of nitrogens with zero attached hydrogens (tertiary/aromatic N) is 3. The van der Waals surface area contributed by atoms with Crippen LogP contribution in [-0.4, -0.2) is 76.0 Å². The summed E-state index contributed by atoms with van der Waals surface area (Å²) in [6.45, 7) is 13.2. The highest BCUT2D eigenvalue weighted by atomic mass is 32.2. The predicted molar refractivity (Wildman–Crippen MR) is 175 cm³/mol. The van der Waals surface area contributed by atoms with Gasteiger partial charge in [-0.15, -0.1) is 0 Å². The molecule has 0 atom stereocenters. The number of hydrogen-bond acceptors (Lipinski definition) is 6. The summed E-state index contributed by atoms with van der Waals surface area (Å²) >= 11 is 0. The summed E-state index contributed by atoms with van der Waals surface area (Å²) in [7, 11) is -3.70. The van der Waals surface area contributed by atoms with Gasteiger partial charge in [0.2, 0.25) is 15.7 Å². The van der Waals surface area contributed by atoms with Crippen molar-refractivity contribution in [2.24, 2.45) is 0 Å². The van der Waals surface area contributed by atoms with E-state index in [0.29, 0.717) is 6.42 Å². The Morgan fingerprint density at radius 3 is 1.95 bits per heavy atom. The number of likely N-dealkylation sites (tertiary alicyclic amines) is 1. The maximum absolute atomic E-state index is 13.2. The molecule has 0 aromatic heterocycles. The Hall–Kier alpha value is -3.43. The van der Waals surface area contributed by atoms with E-state index in [0.717, 1.165) is 82.9 Å². The maximum atomic E-state index is 13.2. The minimum Gasteiger partial charge on any atom is -0.382 e. The molecule has 0 spiro atoms. The van der Waals surface area contributed by atoms with Crippen LogP contribution in [0.5, 0.6) is 0 Å². The molecule has 2 aliphatic rings. The molecule has 2 aliphatic heterocycles. The number of sulfone groups is 1. The first-order chi connectivity index (χ1) is 21.0. The Morgan fingerprint density at radius 2 is 1.39 bits per heavy atom. The van der Waals surface area contributed by atoms with Gasteiger partial charge in [-0.05, 0) is 97.4 Å². The van der Waals surface area contributed by atoms with E-state index < -0.39 is 15.7 Å². The largest absolute Gasteiger partial charge is 0.382 e. The van der Waals surface area contributed by atoms with Crippen LogP contribution in [0.1, 0.15) is 52.0 Å². The number of piperazine rings is 1. The van der Waals surface area contributed by atoms with Gasteiger partial charge in [0.15, 0.2) is 0 Å². The summed E-state index contributed by atoms with van der Waals surface area (Å²) in [6, 6.07) is 20.7. The van der Waals surface area contributed by atoms with Gasteiger partial charge < -0.3 is 15.1 Å². The van der Waals surface area contributed by atoms with Crippen molar-refractivity contribution in [3.05, 3.63) is 84.2 Å². The van der Waals surface area contributed by atoms with Crippen molar-refractivity contribution in [1.29, 1.82) is 0 Å². The highest BCUT2D eigenvalue weighted by molar-refractivity contribution is 7.91. The third kappa shape index (κ3) is 7.99. The fraction of sp³-hybridized carbons (Fsp3) is 0.457. The standard InChI is InChI=1S/C35H45FN4O3S/c1-35(2,3)27-6-12-31(13-7-27)39-25-23-38(24-26-39)20-4-5-34(41)40-21-18-30(19-22-40)37-29-10-16-33(17-11-29)44(42,43)32-14-8-28(36)9-15-32/h6-17,30,37H,4-5,18-26H2,1-3H3. The van der Waals surface area contributed by atoms with Gasteiger partial charge in [0, 0.05) is 63.1 Å². The smallest absolute Gasteiger partial charge is 0.222 e. The number of halogens is 1. The maximum Gasteiger partial charge on any atom is 0.222 e. The SMILES string of the molecule is CC(C)(C)c1ccc(N2CCN(CCCC(=O)N3CCC(Nc4ccc(S(=O)(=O)c5ccc(F)cc5)cc4)CC3)CC2)cc1. The molecule has 1 amide bonds. The van der Waals surface area contributed by atoms with Crippen molar-refractivity contribution < 1.29 is 17.6 Å². The average Bonchev–Trinajstić information content (AvgIpc) is 3.02. The van der Waals surface area contributed by atoms with Crippen LogP contribution in [0.3, 0.4) is 0 Å². The van der Waals surface area contributed by atoms with E-state index in [1.165, 1.54) is 23.4 Å². The van der Waals surface area contributed by atoms with Crippen LogP contribution in [0.4, 0.5) is 15.8 Å². The van der Waals surface area contributed by atoms with Gasteiger partial charge in [-0.1, -0.05) is 32.9 Å². The third-order valence-electron chi connectivity index (χ3n) is 8.84. The number of anilines is 2. The molecule has 0 unspecified atom stereocenters. The molecule has 5 rings (SSSR count). The molecule has 0 bridgehead atoms. The van der Waals surface area contributed by atoms with Crippen molar-refractivity contribution in [2.45, 2.75) is 67.7 Å². The van der Waals surface area contributed by atoms with Gasteiger partial charge in [-0.2, -0.15) is 0 Å². The Labute approximate surface area is 262 Å². The average molecular weight is 621 g/mol. The predicted octanol–water partition coefficient (Wildman–Crippen LogP) is 5.96. The molecular weight excluding hydrogens is 575 g/mol. The topological polar surface area (TPSA) is 73.0 Å². The Balaban J connectivity index is 0.997. The molecule has 0 saturated carbocycles. The first-order valence-electron chi connectivity index (χ1n) is 15.7. The number of piperidine rings is 1. The molecule has 3 aromatic carbocycles. The van der Waals surface area contributed by atoms with Crippen molar-refractivity contribution in [3.63, 3.8) is 0 Å². The zero-order valence-electron chi connectivity index (χ0n) is 26.1. The van der Waals surface area contributed by atoms with Gasteiger partial charge in [0.25, 0.3) is 0 Å². The van der Waals surface area contributed by atoms with Crippen molar-refractivity contribution >= 4 is 27.1 Å². The number of carbonyl (C=O) groups is 1. The van der Waals surface area contributed by atoms with Gasteiger partial charge in [-0.3, -0.25) is 9.69 Å². The second-order valence-corrected chi connectivity index (χ2v) is 15.0. The molecular formula is C35H45FN4O3S. The van der Waals surface area contributed by atoms with Crippen LogP contribution in [0.15, 0.2) is 82.6 Å². The monoisotopic (exact) mass is 620 g/mol. The zero-order chi connectivity index (χ0) is 31.3. The molecule has 236 valence electrons. The van der Waals surface area contributed by atoms with Gasteiger partial charge in [-0.25, -0.2) is 12.8 Å². The van der Waals surface area contributed by atoms with E-state index in [2.05, 4.69) is 60.2 Å². The number of amides is 1. The lowest BCUT2D eigenvalue weighted by Gasteiger charge is -2.36. The highest BCUT2D eigenvalue weighted by Crippen LogP contribution is 2.26. The molecule has 2 saturated heterocycles. The first-order valence-corrected chi connectivity index (χ1v) is 17.2. The van der Waals surface area contributed by atoms with E-state index in [-0.39, 0.29) is 27.2 Å². The van der Waals surface area contributed by atoms with Crippen molar-refractivity contribution in [1.82, 2.24) is 9.80 Å². The summed E-state index contributed by atoms with van der Waals surface area (Å²) in [5.41, 5.74) is 3.65. The molecule has 44 heavy (non-hydrogen) atoms. The second-order valence-electron chi connectivity index (χ2n) is 13.0. The normalized spacial score (nSPS) is 17.1. The number of nitrogens with one attached hydrogen (secondary N) is 1. The molecule has 0 radical (unpaired) electrons. The molecule has 0 aliphatic carbocycles. The van der Waals surface area contributed by atoms with Crippen LogP contribution >= 0.6 is 0 Å². The van der Waals surface area contributed by atoms with E-state index in [9.17, 15) is 17.6 Å². The van der Waals surface area contributed by atoms with Crippen LogP contribution in [0, 0.1) is 5.82 Å². The van der Waals surface area contributed by atoms with Crippen molar-refractivity contribution in [3.8, 4) is 0 Å². The number of carbonyl (C=O) groups excluding carboxylic acids is 1. The lowest BCUT2D eigenvalue weighted by atomic mass is 9.87. The van der Waals surface area contributed by atoms with Crippen LogP contribution in [0.2, 0.25) is 0 Å². The first kappa shape index (κ1) is 32.0. The van der Waals surface area contributed by atoms with E-state index >= 15 is 0 Å². The molecule has 2 fully saturated rings. The lowest BCUT2D eigenvalue weighted by Crippen LogP contribution is -2.47. The summed E-state index contributed by atoms with van der Waals surface area (Å²) in [4.78, 5) is 20.1. The summed E-state index contributed by atoms with van der Waals surface area (Å²) in [5, 5.41) is 3.48. The number of benzene rings is 3. The molecule has 1 N–H and O–H groups in total. The Morgan fingerprint density at radius 1 is 0.818 bits per heavy atom. The van der Waals surface area contributed by atoms with Gasteiger partial charge >= 0.3 is 0 Å². The molecule has 7 nitrogen and oxygen atoms in total. The summed E-state index contributed by atoms with van der Waals surface area (Å²) in [6.07, 6.45) is 3.15. The lowest BCUT2D eigenvalue weighted by molar-refractivity contribution is -0.132. The molecule has 9 heteroatoms. The van der Waals surface area contributed by atoms with E-state index in [1.54, 1.807) is 24.3 Å². The van der Waals surface area contributed by atoms with Gasteiger partial charge in [0.05, 0.1) is 9.79 Å². The second kappa shape index (κ2) is 13.7. The molecule has 2 heterocycles. The zero-order valence-corrected chi connectivity index (χ0v) is 27.0. The van der Waals surface area contributed by atoms with E-state index in [4.69, 9.17) is 0 Å². The fourth-order valence-corrected chi connectivity index (χ4v) is 7.26. The minimum atomic E-state index is -3.70. The number of hydrogen-bond donors (Lipinski definition) is 1. The fourth-order valence-electron chi connectivity index (χ4n) is 6.00. The van der Waals surface area contributed by atoms with Gasteiger partial charge in [0.1, 0.15) is 5.82 Å². The quantitative estimate of drug-likeness (QED) is 0.298. The Bertz CT molecular complexity index is 1490. The third-order valence-corrected chi connectivity index (χ3v) is 10.6. The van der Waals surface area contributed by atoms with Crippen LogP contribution in [-0.2, 0) is 20.0 Å². The highest BCUT2D eigenvalue weighted by Gasteiger charge is 2.24. The summed E-state index contributed by atoms with van der Waals surface area (Å²) < 4.78 is 38.9. The molecule has 3 aromatic rings. The van der Waals surface area contributed by atoms with E-state index in [1.807, 2.05) is 4.90 Å². The van der Waals surface area contributed by atoms with Crippen LogP contribution < -0.4 is 10.2 Å². The van der Waals surface area contributed by atoms with Crippen molar-refractivity contribution in [2.75, 3.05) is 56.0 Å². The minimum absolute atomic E-state index is 0.0667. The Kier molecular flexibility index (Phi) is 9.95.